The fraction of sp³-hybridized carbons (Fsp3) is 0.650. The number of ether oxygens (including phenoxy) is 2. The van der Waals surface area contributed by atoms with E-state index in [4.69, 9.17) is 9.47 Å². The molecule has 5 nitrogen and oxygen atoms in total. The Balaban J connectivity index is 1.78. The maximum atomic E-state index is 5.68. The summed E-state index contributed by atoms with van der Waals surface area (Å²) in [6, 6.07) is 8.20. The Bertz CT molecular complexity index is 536. The van der Waals surface area contributed by atoms with Crippen molar-refractivity contribution in [3.8, 4) is 5.75 Å². The molecule has 5 heteroatoms. The highest BCUT2D eigenvalue weighted by molar-refractivity contribution is 5.79. The lowest BCUT2D eigenvalue weighted by Gasteiger charge is -2.42. The molecule has 0 aliphatic heterocycles. The summed E-state index contributed by atoms with van der Waals surface area (Å²) < 4.78 is 10.9. The van der Waals surface area contributed by atoms with Gasteiger partial charge in [-0.15, -0.1) is 0 Å². The number of guanidine groups is 1. The molecule has 0 saturated heterocycles. The maximum Gasteiger partial charge on any atom is 0.191 e. The number of rotatable bonds is 9. The maximum absolute atomic E-state index is 5.68. The molecule has 0 heterocycles. The summed E-state index contributed by atoms with van der Waals surface area (Å²) in [5.41, 5.74) is 1.58. The van der Waals surface area contributed by atoms with Crippen molar-refractivity contribution in [2.24, 2.45) is 10.4 Å². The second kappa shape index (κ2) is 9.66. The average molecular weight is 348 g/mol. The third-order valence-electron chi connectivity index (χ3n) is 4.86. The predicted octanol–water partition coefficient (Wildman–Crippen LogP) is 3.35. The van der Waals surface area contributed by atoms with Crippen LogP contribution in [0.5, 0.6) is 5.75 Å². The lowest BCUT2D eigenvalue weighted by molar-refractivity contribution is 0.0732. The minimum Gasteiger partial charge on any atom is -0.491 e. The number of nitrogens with one attached hydrogen (secondary N) is 2. The van der Waals surface area contributed by atoms with E-state index in [0.29, 0.717) is 5.41 Å². The molecule has 0 amide bonds. The van der Waals surface area contributed by atoms with E-state index in [-0.39, 0.29) is 6.10 Å². The van der Waals surface area contributed by atoms with Crippen molar-refractivity contribution in [3.63, 3.8) is 0 Å². The zero-order chi connectivity index (χ0) is 18.1. The van der Waals surface area contributed by atoms with Gasteiger partial charge in [0.05, 0.1) is 6.10 Å². The van der Waals surface area contributed by atoms with Gasteiger partial charge in [0, 0.05) is 33.9 Å². The summed E-state index contributed by atoms with van der Waals surface area (Å²) in [5, 5.41) is 6.88. The molecule has 1 saturated carbocycles. The highest BCUT2D eigenvalue weighted by atomic mass is 16.5. The number of nitrogens with zero attached hydrogens (tertiary/aromatic N) is 1. The fourth-order valence-corrected chi connectivity index (χ4v) is 3.15. The van der Waals surface area contributed by atoms with Crippen LogP contribution in [0.4, 0.5) is 0 Å². The van der Waals surface area contributed by atoms with Gasteiger partial charge < -0.3 is 20.1 Å². The zero-order valence-corrected chi connectivity index (χ0v) is 16.1. The van der Waals surface area contributed by atoms with E-state index in [2.05, 4.69) is 27.8 Å². The van der Waals surface area contributed by atoms with Gasteiger partial charge in [0.1, 0.15) is 5.75 Å². The summed E-state index contributed by atoms with van der Waals surface area (Å²) in [4.78, 5) is 4.34. The third-order valence-corrected chi connectivity index (χ3v) is 4.86. The van der Waals surface area contributed by atoms with E-state index in [0.717, 1.165) is 37.8 Å². The first-order chi connectivity index (χ1) is 12.1. The molecule has 1 aromatic carbocycles. The second-order valence-corrected chi connectivity index (χ2v) is 7.19. The molecular formula is C20H33N3O2. The normalized spacial score (nSPS) is 16.4. The van der Waals surface area contributed by atoms with Crippen molar-refractivity contribution < 1.29 is 9.47 Å². The zero-order valence-electron chi connectivity index (χ0n) is 16.1. The van der Waals surface area contributed by atoms with Crippen molar-refractivity contribution in [2.45, 2.75) is 52.2 Å². The van der Waals surface area contributed by atoms with Gasteiger partial charge in [-0.25, -0.2) is 0 Å². The minimum atomic E-state index is 0.198. The first-order valence-electron chi connectivity index (χ1n) is 9.26. The van der Waals surface area contributed by atoms with Crippen LogP contribution in [0.15, 0.2) is 29.3 Å². The van der Waals surface area contributed by atoms with E-state index in [1.807, 2.05) is 33.0 Å². The average Bonchev–Trinajstić information content (AvgIpc) is 2.57. The van der Waals surface area contributed by atoms with Gasteiger partial charge in [-0.2, -0.15) is 0 Å². The summed E-state index contributed by atoms with van der Waals surface area (Å²) in [6.45, 7) is 6.60. The van der Waals surface area contributed by atoms with Gasteiger partial charge in [0.25, 0.3) is 0 Å². The van der Waals surface area contributed by atoms with Crippen LogP contribution in [0.1, 0.15) is 45.1 Å². The monoisotopic (exact) mass is 347 g/mol. The van der Waals surface area contributed by atoms with E-state index in [1.165, 1.54) is 24.8 Å². The highest BCUT2D eigenvalue weighted by Gasteiger charge is 2.36. The van der Waals surface area contributed by atoms with Gasteiger partial charge in [-0.05, 0) is 56.2 Å². The Hall–Kier alpha value is -1.75. The molecule has 2 N–H and O–H groups in total. The van der Waals surface area contributed by atoms with E-state index in [9.17, 15) is 0 Å². The van der Waals surface area contributed by atoms with Crippen molar-refractivity contribution in [3.05, 3.63) is 29.8 Å². The van der Waals surface area contributed by atoms with Crippen LogP contribution in [0.25, 0.3) is 0 Å². The first kappa shape index (κ1) is 19.6. The number of methoxy groups -OCH3 is 1. The van der Waals surface area contributed by atoms with Crippen LogP contribution in [0.2, 0.25) is 0 Å². The first-order valence-corrected chi connectivity index (χ1v) is 9.26. The predicted molar refractivity (Wildman–Crippen MR) is 103 cm³/mol. The highest BCUT2D eigenvalue weighted by Crippen LogP contribution is 2.43. The number of benzene rings is 1. The van der Waals surface area contributed by atoms with Crippen molar-refractivity contribution in [2.75, 3.05) is 27.3 Å². The van der Waals surface area contributed by atoms with Crippen LogP contribution in [0, 0.1) is 5.41 Å². The Morgan fingerprint density at radius 1 is 1.20 bits per heavy atom. The van der Waals surface area contributed by atoms with Gasteiger partial charge in [0.15, 0.2) is 5.96 Å². The largest absolute Gasteiger partial charge is 0.491 e. The molecule has 0 unspecified atom stereocenters. The van der Waals surface area contributed by atoms with E-state index >= 15 is 0 Å². The summed E-state index contributed by atoms with van der Waals surface area (Å²) in [7, 11) is 3.59. The molecule has 140 valence electrons. The van der Waals surface area contributed by atoms with Gasteiger partial charge in [-0.1, -0.05) is 18.6 Å². The topological polar surface area (TPSA) is 54.9 Å². The molecule has 2 rings (SSSR count). The molecule has 0 radical (unpaired) electrons. The van der Waals surface area contributed by atoms with Gasteiger partial charge >= 0.3 is 0 Å². The van der Waals surface area contributed by atoms with Crippen molar-refractivity contribution in [1.29, 1.82) is 0 Å². The van der Waals surface area contributed by atoms with Crippen LogP contribution in [-0.4, -0.2) is 39.4 Å². The molecule has 1 aromatic rings. The molecule has 1 fully saturated rings. The van der Waals surface area contributed by atoms with Crippen molar-refractivity contribution in [1.82, 2.24) is 10.6 Å². The van der Waals surface area contributed by atoms with Gasteiger partial charge in [-0.3, -0.25) is 4.99 Å². The second-order valence-electron chi connectivity index (χ2n) is 7.19. The molecule has 0 aromatic heterocycles. The molecule has 0 bridgehead atoms. The number of hydrogen-bond donors (Lipinski definition) is 2. The Morgan fingerprint density at radius 2 is 1.92 bits per heavy atom. The van der Waals surface area contributed by atoms with Crippen LogP contribution in [0.3, 0.4) is 0 Å². The Labute approximate surface area is 152 Å². The van der Waals surface area contributed by atoms with Crippen LogP contribution in [-0.2, 0) is 11.3 Å². The van der Waals surface area contributed by atoms with E-state index < -0.39 is 0 Å². The lowest BCUT2D eigenvalue weighted by Crippen LogP contribution is -2.46. The van der Waals surface area contributed by atoms with Gasteiger partial charge in [0.2, 0.25) is 0 Å². The lowest BCUT2D eigenvalue weighted by atomic mass is 9.67. The molecule has 25 heavy (non-hydrogen) atoms. The molecule has 1 aliphatic rings. The third kappa shape index (κ3) is 6.24. The fourth-order valence-electron chi connectivity index (χ4n) is 3.15. The standard InChI is InChI=1S/C20H33N3O2/c1-16(2)25-18-8-6-17(7-9-18)14-22-19(21-3)23-15-20(10-5-11-20)12-13-24-4/h6-9,16H,5,10-15H2,1-4H3,(H2,21,22,23). The van der Waals surface area contributed by atoms with Crippen LogP contribution < -0.4 is 15.4 Å². The van der Waals surface area contributed by atoms with E-state index in [1.54, 1.807) is 7.11 Å². The smallest absolute Gasteiger partial charge is 0.191 e. The molecule has 0 atom stereocenters. The SMILES string of the molecule is CN=C(NCc1ccc(OC(C)C)cc1)NCC1(CCOC)CCC1. The summed E-state index contributed by atoms with van der Waals surface area (Å²) in [6.07, 6.45) is 5.19. The Kier molecular flexibility index (Phi) is 7.56. The Morgan fingerprint density at radius 3 is 2.44 bits per heavy atom. The minimum absolute atomic E-state index is 0.198. The summed E-state index contributed by atoms with van der Waals surface area (Å²) >= 11 is 0. The molecular weight excluding hydrogens is 314 g/mol. The van der Waals surface area contributed by atoms with Crippen LogP contribution >= 0.6 is 0 Å². The summed E-state index contributed by atoms with van der Waals surface area (Å²) in [5.74, 6) is 1.76. The quantitative estimate of drug-likeness (QED) is 0.531. The molecule has 1 aliphatic carbocycles. The van der Waals surface area contributed by atoms with Crippen molar-refractivity contribution >= 4 is 5.96 Å². The number of hydrogen-bond acceptors (Lipinski definition) is 3. The number of aliphatic imine (C=N–C) groups is 1. The molecule has 0 spiro atoms.